The van der Waals surface area contributed by atoms with Gasteiger partial charge in [0, 0.05) is 22.0 Å². The van der Waals surface area contributed by atoms with Crippen LogP contribution in [0, 0.1) is 13.8 Å². The third-order valence-electron chi connectivity index (χ3n) is 3.26. The van der Waals surface area contributed by atoms with Crippen molar-refractivity contribution in [3.63, 3.8) is 0 Å². The van der Waals surface area contributed by atoms with Crippen molar-refractivity contribution < 1.29 is 4.79 Å². The normalized spacial score (nSPS) is 12.5. The Morgan fingerprint density at radius 3 is 2.10 bits per heavy atom. The number of aromatic nitrogens is 1. The quantitative estimate of drug-likeness (QED) is 0.493. The number of nitrogens with zero attached hydrogens (tertiary/aromatic N) is 1. The molecule has 2 rings (SSSR count). The van der Waals surface area contributed by atoms with Gasteiger partial charge in [-0.2, -0.15) is 0 Å². The summed E-state index contributed by atoms with van der Waals surface area (Å²) in [6, 6.07) is 5.03. The van der Waals surface area contributed by atoms with Crippen molar-refractivity contribution in [3.8, 4) is 5.69 Å². The van der Waals surface area contributed by atoms with E-state index in [4.69, 9.17) is 46.4 Å². The number of carbonyl (C=O) groups excluding carboxylic acids is 1. The van der Waals surface area contributed by atoms with Crippen LogP contribution >= 0.6 is 46.4 Å². The third kappa shape index (κ3) is 3.09. The number of halogens is 4. The van der Waals surface area contributed by atoms with E-state index in [2.05, 4.69) is 0 Å². The highest BCUT2D eigenvalue weighted by Crippen LogP contribution is 2.35. The maximum atomic E-state index is 12.2. The summed E-state index contributed by atoms with van der Waals surface area (Å²) in [7, 11) is 0. The molecule has 0 saturated heterocycles. The highest BCUT2D eigenvalue weighted by Gasteiger charge is 2.22. The van der Waals surface area contributed by atoms with Crippen LogP contribution in [-0.4, -0.2) is 15.7 Å². The Kier molecular flexibility index (Phi) is 4.94. The summed E-state index contributed by atoms with van der Waals surface area (Å²) in [5.74, 6) is -0.128. The van der Waals surface area contributed by atoms with E-state index < -0.39 is 5.38 Å². The second-order valence-corrected chi connectivity index (χ2v) is 6.72. The van der Waals surface area contributed by atoms with Crippen LogP contribution in [0.25, 0.3) is 5.69 Å². The van der Waals surface area contributed by atoms with Crippen molar-refractivity contribution >= 4 is 52.2 Å². The van der Waals surface area contributed by atoms with Crippen LogP contribution in [0.3, 0.4) is 0 Å². The summed E-state index contributed by atoms with van der Waals surface area (Å²) < 4.78 is 1.84. The van der Waals surface area contributed by atoms with E-state index in [9.17, 15) is 4.79 Å². The van der Waals surface area contributed by atoms with Gasteiger partial charge in [-0.3, -0.25) is 4.79 Å². The molecule has 1 unspecified atom stereocenters. The minimum absolute atomic E-state index is 0.128. The number of alkyl halides is 1. The molecule has 0 saturated carbocycles. The van der Waals surface area contributed by atoms with Crippen LogP contribution in [-0.2, 0) is 0 Å². The van der Waals surface area contributed by atoms with Gasteiger partial charge in [0.2, 0.25) is 0 Å². The molecule has 0 radical (unpaired) electrons. The van der Waals surface area contributed by atoms with E-state index in [0.717, 1.165) is 11.4 Å². The van der Waals surface area contributed by atoms with E-state index >= 15 is 0 Å². The minimum atomic E-state index is -0.588. The Balaban J connectivity index is 2.70. The standard InChI is InChI=1S/C15H13Cl4NO/c1-7-4-11(15(21)8(2)16)9(3)20(7)14-12(18)5-10(17)6-13(14)19/h4-6,8H,1-3H3. The smallest absolute Gasteiger partial charge is 0.182 e. The zero-order valence-corrected chi connectivity index (χ0v) is 14.7. The maximum absolute atomic E-state index is 12.2. The molecule has 0 N–H and O–H groups in total. The zero-order chi connectivity index (χ0) is 15.9. The van der Waals surface area contributed by atoms with E-state index in [-0.39, 0.29) is 5.78 Å². The molecule has 112 valence electrons. The number of ketones is 1. The predicted octanol–water partition coefficient (Wildman–Crippen LogP) is 5.86. The molecule has 1 heterocycles. The van der Waals surface area contributed by atoms with Gasteiger partial charge in [-0.05, 0) is 39.0 Å². The van der Waals surface area contributed by atoms with Gasteiger partial charge >= 0.3 is 0 Å². The number of rotatable bonds is 3. The molecule has 21 heavy (non-hydrogen) atoms. The summed E-state index contributed by atoms with van der Waals surface area (Å²) in [6.45, 7) is 5.36. The van der Waals surface area contributed by atoms with Gasteiger partial charge in [0.15, 0.2) is 5.78 Å². The summed E-state index contributed by atoms with van der Waals surface area (Å²) >= 11 is 24.4. The van der Waals surface area contributed by atoms with Crippen molar-refractivity contribution in [2.45, 2.75) is 26.1 Å². The lowest BCUT2D eigenvalue weighted by Gasteiger charge is -2.14. The van der Waals surface area contributed by atoms with Gasteiger partial charge in [-0.1, -0.05) is 34.8 Å². The Labute approximate surface area is 143 Å². The fourth-order valence-electron chi connectivity index (χ4n) is 2.32. The molecule has 2 aromatic rings. The summed E-state index contributed by atoms with van der Waals surface area (Å²) in [4.78, 5) is 12.2. The molecule has 0 aliphatic heterocycles. The number of carbonyl (C=O) groups is 1. The number of hydrogen-bond donors (Lipinski definition) is 0. The molecular formula is C15H13Cl4NO. The van der Waals surface area contributed by atoms with Gasteiger partial charge in [0.25, 0.3) is 0 Å². The van der Waals surface area contributed by atoms with E-state index in [1.807, 2.05) is 18.4 Å². The average Bonchev–Trinajstić information content (AvgIpc) is 2.64. The lowest BCUT2D eigenvalue weighted by atomic mass is 10.1. The monoisotopic (exact) mass is 363 g/mol. The largest absolute Gasteiger partial charge is 0.315 e. The Bertz CT molecular complexity index is 696. The van der Waals surface area contributed by atoms with Gasteiger partial charge in [-0.25, -0.2) is 0 Å². The minimum Gasteiger partial charge on any atom is -0.315 e. The number of aryl methyl sites for hydroxylation is 1. The molecule has 1 atom stereocenters. The first-order chi connectivity index (χ1) is 9.73. The topological polar surface area (TPSA) is 22.0 Å². The van der Waals surface area contributed by atoms with Crippen LogP contribution in [0.1, 0.15) is 28.7 Å². The average molecular weight is 365 g/mol. The molecule has 0 bridgehead atoms. The highest BCUT2D eigenvalue weighted by molar-refractivity contribution is 6.40. The fraction of sp³-hybridized carbons (Fsp3) is 0.267. The van der Waals surface area contributed by atoms with Crippen LogP contribution in [0.4, 0.5) is 0 Å². The van der Waals surface area contributed by atoms with Crippen LogP contribution in [0.2, 0.25) is 15.1 Å². The Morgan fingerprint density at radius 2 is 1.62 bits per heavy atom. The van der Waals surface area contributed by atoms with Gasteiger partial charge in [0.1, 0.15) is 0 Å². The van der Waals surface area contributed by atoms with Gasteiger partial charge in [0.05, 0.1) is 21.1 Å². The first-order valence-corrected chi connectivity index (χ1v) is 7.83. The number of Topliss-reactive ketones (excluding diaryl/α,β-unsaturated/α-hetero) is 1. The summed E-state index contributed by atoms with van der Waals surface area (Å²) in [5, 5.41) is 0.719. The molecule has 0 fully saturated rings. The molecule has 1 aromatic carbocycles. The van der Waals surface area contributed by atoms with Crippen LogP contribution in [0.5, 0.6) is 0 Å². The van der Waals surface area contributed by atoms with E-state index in [1.54, 1.807) is 25.1 Å². The van der Waals surface area contributed by atoms with Crippen molar-refractivity contribution in [1.82, 2.24) is 4.57 Å². The second-order valence-electron chi connectivity index (χ2n) is 4.82. The number of benzene rings is 1. The SMILES string of the molecule is Cc1cc(C(=O)C(C)Cl)c(C)n1-c1c(Cl)cc(Cl)cc1Cl. The molecule has 6 heteroatoms. The number of hydrogen-bond acceptors (Lipinski definition) is 1. The predicted molar refractivity (Wildman–Crippen MR) is 89.9 cm³/mol. The maximum Gasteiger partial charge on any atom is 0.182 e. The fourth-order valence-corrected chi connectivity index (χ4v) is 3.42. The van der Waals surface area contributed by atoms with Crippen molar-refractivity contribution in [2.75, 3.05) is 0 Å². The molecule has 0 aliphatic rings. The molecule has 2 nitrogen and oxygen atoms in total. The zero-order valence-electron chi connectivity index (χ0n) is 11.7. The van der Waals surface area contributed by atoms with Crippen LogP contribution in [0.15, 0.2) is 18.2 Å². The Hall–Kier alpha value is -0.670. The lowest BCUT2D eigenvalue weighted by molar-refractivity contribution is 0.0991. The van der Waals surface area contributed by atoms with Gasteiger partial charge < -0.3 is 4.57 Å². The molecular weight excluding hydrogens is 352 g/mol. The first kappa shape index (κ1) is 16.7. The lowest BCUT2D eigenvalue weighted by Crippen LogP contribution is -2.12. The molecule has 0 spiro atoms. The molecule has 0 amide bonds. The second kappa shape index (κ2) is 6.21. The first-order valence-electron chi connectivity index (χ1n) is 6.26. The van der Waals surface area contributed by atoms with E-state index in [0.29, 0.717) is 26.3 Å². The van der Waals surface area contributed by atoms with E-state index in [1.165, 1.54) is 0 Å². The van der Waals surface area contributed by atoms with Crippen molar-refractivity contribution in [2.24, 2.45) is 0 Å². The third-order valence-corrected chi connectivity index (χ3v) is 4.26. The summed E-state index contributed by atoms with van der Waals surface area (Å²) in [5.41, 5.74) is 2.77. The molecule has 0 aliphatic carbocycles. The Morgan fingerprint density at radius 1 is 1.10 bits per heavy atom. The summed E-state index contributed by atoms with van der Waals surface area (Å²) in [6.07, 6.45) is 0. The van der Waals surface area contributed by atoms with Crippen LogP contribution < -0.4 is 0 Å². The van der Waals surface area contributed by atoms with Gasteiger partial charge in [-0.15, -0.1) is 11.6 Å². The van der Waals surface area contributed by atoms with Crippen molar-refractivity contribution in [3.05, 3.63) is 50.2 Å². The highest BCUT2D eigenvalue weighted by atomic mass is 35.5. The van der Waals surface area contributed by atoms with Crippen molar-refractivity contribution in [1.29, 1.82) is 0 Å². The molecule has 1 aromatic heterocycles.